The van der Waals surface area contributed by atoms with E-state index in [9.17, 15) is 4.39 Å². The van der Waals surface area contributed by atoms with Crippen LogP contribution in [-0.2, 0) is 5.54 Å². The zero-order valence-electron chi connectivity index (χ0n) is 17.9. The molecule has 1 aliphatic rings. The monoisotopic (exact) mass is 432 g/mol. The van der Waals surface area contributed by atoms with Crippen molar-refractivity contribution in [3.63, 3.8) is 0 Å². The molecule has 0 atom stereocenters. The van der Waals surface area contributed by atoms with E-state index >= 15 is 0 Å². The number of hydrogen-bond donors (Lipinski definition) is 2. The third-order valence-electron chi connectivity index (χ3n) is 6.09. The number of halogens is 1. The first-order chi connectivity index (χ1) is 15.6. The molecule has 2 aromatic heterocycles. The number of nitrogens with two attached hydrogens (primary N) is 1. The van der Waals surface area contributed by atoms with Crippen molar-refractivity contribution < 1.29 is 13.5 Å². The van der Waals surface area contributed by atoms with Gasteiger partial charge in [-0.2, -0.15) is 9.97 Å². The van der Waals surface area contributed by atoms with Crippen LogP contribution in [0, 0.1) is 0 Å². The average Bonchev–Trinajstić information content (AvgIpc) is 3.21. The van der Waals surface area contributed by atoms with Crippen molar-refractivity contribution in [2.24, 2.45) is 5.73 Å². The highest BCUT2D eigenvalue weighted by Crippen LogP contribution is 2.45. The van der Waals surface area contributed by atoms with Crippen LogP contribution in [0.5, 0.6) is 5.88 Å². The Labute approximate surface area is 185 Å². The molecule has 2 heterocycles. The normalized spacial score (nSPS) is 14.8. The van der Waals surface area contributed by atoms with Crippen molar-refractivity contribution in [2.45, 2.75) is 24.8 Å². The molecule has 6 nitrogen and oxygen atoms in total. The fourth-order valence-corrected chi connectivity index (χ4v) is 4.20. The van der Waals surface area contributed by atoms with Gasteiger partial charge in [-0.3, -0.25) is 0 Å². The van der Waals surface area contributed by atoms with Crippen molar-refractivity contribution >= 4 is 17.0 Å². The molecular weight excluding hydrogens is 407 g/mol. The van der Waals surface area contributed by atoms with E-state index in [0.29, 0.717) is 22.8 Å². The Morgan fingerprint density at radius 1 is 1.06 bits per heavy atom. The van der Waals surface area contributed by atoms with Crippen molar-refractivity contribution in [1.29, 1.82) is 0 Å². The zero-order chi connectivity index (χ0) is 22.1. The molecule has 0 bridgehead atoms. The van der Waals surface area contributed by atoms with Crippen LogP contribution in [0.4, 0.5) is 10.3 Å². The highest BCUT2D eigenvalue weighted by molar-refractivity contribution is 6.03. The molecule has 0 spiro atoms. The van der Waals surface area contributed by atoms with Gasteiger partial charge in [0, 0.05) is 23.7 Å². The number of aromatic nitrogens is 2. The Morgan fingerprint density at radius 2 is 1.81 bits per heavy atom. The SMILES string of the molecule is CNc1nc(OCCF)c2c(-c3ccccc3)c(-c3ccc(C4(N)CCC4)cc3)oc2n1. The van der Waals surface area contributed by atoms with Crippen LogP contribution in [0.1, 0.15) is 24.8 Å². The van der Waals surface area contributed by atoms with E-state index in [0.717, 1.165) is 41.5 Å². The van der Waals surface area contributed by atoms with Crippen LogP contribution in [0.15, 0.2) is 59.0 Å². The summed E-state index contributed by atoms with van der Waals surface area (Å²) in [5.74, 6) is 1.29. The maximum Gasteiger partial charge on any atom is 0.236 e. The molecule has 0 radical (unpaired) electrons. The predicted octanol–water partition coefficient (Wildman–Crippen LogP) is 5.28. The molecule has 1 aliphatic carbocycles. The van der Waals surface area contributed by atoms with Crippen LogP contribution >= 0.6 is 0 Å². The highest BCUT2D eigenvalue weighted by atomic mass is 19.1. The first-order valence-electron chi connectivity index (χ1n) is 10.8. The molecule has 7 heteroatoms. The second-order valence-corrected chi connectivity index (χ2v) is 8.08. The lowest BCUT2D eigenvalue weighted by Gasteiger charge is -2.38. The lowest BCUT2D eigenvalue weighted by molar-refractivity contribution is 0.253. The number of alkyl halides is 1. The lowest BCUT2D eigenvalue weighted by atomic mass is 9.72. The van der Waals surface area contributed by atoms with E-state index < -0.39 is 6.67 Å². The van der Waals surface area contributed by atoms with Crippen LogP contribution in [0.2, 0.25) is 0 Å². The van der Waals surface area contributed by atoms with Gasteiger partial charge in [0.25, 0.3) is 0 Å². The van der Waals surface area contributed by atoms with Crippen LogP contribution in [0.25, 0.3) is 33.6 Å². The number of anilines is 1. The molecule has 164 valence electrons. The van der Waals surface area contributed by atoms with E-state index in [1.54, 1.807) is 7.05 Å². The minimum absolute atomic E-state index is 0.0999. The van der Waals surface area contributed by atoms with E-state index in [2.05, 4.69) is 27.4 Å². The third kappa shape index (κ3) is 3.48. The van der Waals surface area contributed by atoms with Gasteiger partial charge in [-0.25, -0.2) is 4.39 Å². The molecule has 4 aromatic rings. The number of furan rings is 1. The number of benzene rings is 2. The van der Waals surface area contributed by atoms with Gasteiger partial charge < -0.3 is 20.2 Å². The number of hydrogen-bond acceptors (Lipinski definition) is 6. The molecule has 0 saturated heterocycles. The molecular formula is C25H25FN4O2. The summed E-state index contributed by atoms with van der Waals surface area (Å²) < 4.78 is 24.8. The summed E-state index contributed by atoms with van der Waals surface area (Å²) >= 11 is 0. The summed E-state index contributed by atoms with van der Waals surface area (Å²) in [6.45, 7) is -0.717. The van der Waals surface area contributed by atoms with Gasteiger partial charge in [-0.15, -0.1) is 0 Å². The quantitative estimate of drug-likeness (QED) is 0.413. The Kier molecular flexibility index (Phi) is 5.27. The molecule has 0 aliphatic heterocycles. The van der Waals surface area contributed by atoms with Gasteiger partial charge in [0.05, 0.1) is 0 Å². The van der Waals surface area contributed by atoms with E-state index in [1.165, 1.54) is 0 Å². The average molecular weight is 432 g/mol. The number of ether oxygens (including phenoxy) is 1. The van der Waals surface area contributed by atoms with E-state index in [-0.39, 0.29) is 18.0 Å². The number of nitrogens with one attached hydrogen (secondary N) is 1. The number of nitrogens with zero attached hydrogens (tertiary/aromatic N) is 2. The molecule has 2 aromatic carbocycles. The summed E-state index contributed by atoms with van der Waals surface area (Å²) in [5.41, 5.74) is 10.4. The summed E-state index contributed by atoms with van der Waals surface area (Å²) in [7, 11) is 1.71. The number of rotatable bonds is 7. The lowest BCUT2D eigenvalue weighted by Crippen LogP contribution is -2.43. The maximum atomic E-state index is 12.9. The first-order valence-corrected chi connectivity index (χ1v) is 10.8. The second kappa shape index (κ2) is 8.24. The van der Waals surface area contributed by atoms with Gasteiger partial charge in [0.15, 0.2) is 0 Å². The molecule has 0 unspecified atom stereocenters. The van der Waals surface area contributed by atoms with Crippen molar-refractivity contribution in [2.75, 3.05) is 25.6 Å². The summed E-state index contributed by atoms with van der Waals surface area (Å²) in [6.07, 6.45) is 3.17. The highest BCUT2D eigenvalue weighted by Gasteiger charge is 2.34. The fourth-order valence-electron chi connectivity index (χ4n) is 4.20. The molecule has 0 amide bonds. The van der Waals surface area contributed by atoms with Gasteiger partial charge in [-0.05, 0) is 30.4 Å². The van der Waals surface area contributed by atoms with Crippen LogP contribution < -0.4 is 15.8 Å². The van der Waals surface area contributed by atoms with Gasteiger partial charge in [-0.1, -0.05) is 54.6 Å². The van der Waals surface area contributed by atoms with Gasteiger partial charge in [0.1, 0.15) is 24.4 Å². The Balaban J connectivity index is 1.71. The smallest absolute Gasteiger partial charge is 0.236 e. The van der Waals surface area contributed by atoms with E-state index in [4.69, 9.17) is 14.9 Å². The first kappa shape index (κ1) is 20.5. The molecule has 3 N–H and O–H groups in total. The summed E-state index contributed by atoms with van der Waals surface area (Å²) in [6, 6.07) is 18.1. The minimum Gasteiger partial charge on any atom is -0.474 e. The fraction of sp³-hybridized carbons (Fsp3) is 0.280. The third-order valence-corrected chi connectivity index (χ3v) is 6.09. The largest absolute Gasteiger partial charge is 0.474 e. The summed E-state index contributed by atoms with van der Waals surface area (Å²) in [4.78, 5) is 8.92. The van der Waals surface area contributed by atoms with Crippen molar-refractivity contribution in [3.05, 3.63) is 60.2 Å². The van der Waals surface area contributed by atoms with Crippen molar-refractivity contribution in [1.82, 2.24) is 9.97 Å². The molecule has 1 fully saturated rings. The molecule has 32 heavy (non-hydrogen) atoms. The number of fused-ring (bicyclic) bond motifs is 1. The van der Waals surface area contributed by atoms with Crippen LogP contribution in [-0.4, -0.2) is 30.3 Å². The summed E-state index contributed by atoms with van der Waals surface area (Å²) in [5, 5.41) is 3.53. The second-order valence-electron chi connectivity index (χ2n) is 8.08. The van der Waals surface area contributed by atoms with E-state index in [1.807, 2.05) is 42.5 Å². The minimum atomic E-state index is -0.617. The molecule has 5 rings (SSSR count). The van der Waals surface area contributed by atoms with Gasteiger partial charge >= 0.3 is 0 Å². The van der Waals surface area contributed by atoms with Crippen LogP contribution in [0.3, 0.4) is 0 Å². The predicted molar refractivity (Wildman–Crippen MR) is 123 cm³/mol. The van der Waals surface area contributed by atoms with Crippen molar-refractivity contribution in [3.8, 4) is 28.3 Å². The Bertz CT molecular complexity index is 1230. The Hall–Kier alpha value is -3.45. The molecule has 1 saturated carbocycles. The zero-order valence-corrected chi connectivity index (χ0v) is 17.9. The standard InChI is InChI=1S/C25H25FN4O2/c1-28-24-29-22(31-15-14-26)20-19(16-6-3-2-4-7-16)21(32-23(20)30-24)17-8-10-18(11-9-17)25(27)12-5-13-25/h2-4,6-11H,5,12-15,27H2,1H3,(H,28,29,30). The Morgan fingerprint density at radius 3 is 2.44 bits per heavy atom. The maximum absolute atomic E-state index is 12.9. The van der Waals surface area contributed by atoms with Gasteiger partial charge in [0.2, 0.25) is 17.5 Å². The topological polar surface area (TPSA) is 86.2 Å².